The Hall–Kier alpha value is -1.00. The number of aromatic nitrogens is 2. The van der Waals surface area contributed by atoms with E-state index in [1.165, 1.54) is 18.4 Å². The van der Waals surface area contributed by atoms with Crippen LogP contribution < -0.4 is 5.73 Å². The second kappa shape index (κ2) is 6.44. The maximum absolute atomic E-state index is 5.84. The standard InChI is InChI=1S/C15H25N3O/c1-4-19-14(12-7-8-12)15-17-10(2)13(6-5-9-16)11(3)18-15/h12,14H,4-9,16H2,1-3H3. The van der Waals surface area contributed by atoms with E-state index in [1.54, 1.807) is 0 Å². The molecule has 1 aromatic heterocycles. The molecule has 1 atom stereocenters. The maximum Gasteiger partial charge on any atom is 0.157 e. The van der Waals surface area contributed by atoms with Gasteiger partial charge in [0.1, 0.15) is 6.10 Å². The lowest BCUT2D eigenvalue weighted by molar-refractivity contribution is 0.0397. The maximum atomic E-state index is 5.84. The summed E-state index contributed by atoms with van der Waals surface area (Å²) in [7, 11) is 0. The lowest BCUT2D eigenvalue weighted by Gasteiger charge is -2.18. The second-order valence-corrected chi connectivity index (χ2v) is 5.34. The third-order valence-corrected chi connectivity index (χ3v) is 3.72. The molecule has 0 spiro atoms. The van der Waals surface area contributed by atoms with Crippen molar-refractivity contribution in [1.29, 1.82) is 0 Å². The predicted molar refractivity (Wildman–Crippen MR) is 76.0 cm³/mol. The fourth-order valence-electron chi connectivity index (χ4n) is 2.53. The Balaban J connectivity index is 2.22. The number of ether oxygens (including phenoxy) is 1. The second-order valence-electron chi connectivity index (χ2n) is 5.34. The van der Waals surface area contributed by atoms with Crippen molar-refractivity contribution in [3.05, 3.63) is 22.8 Å². The molecule has 2 rings (SSSR count). The first-order valence-electron chi connectivity index (χ1n) is 7.33. The highest BCUT2D eigenvalue weighted by atomic mass is 16.5. The van der Waals surface area contributed by atoms with E-state index >= 15 is 0 Å². The van der Waals surface area contributed by atoms with Crippen molar-refractivity contribution in [2.75, 3.05) is 13.2 Å². The fourth-order valence-corrected chi connectivity index (χ4v) is 2.53. The van der Waals surface area contributed by atoms with E-state index < -0.39 is 0 Å². The third kappa shape index (κ3) is 3.51. The van der Waals surface area contributed by atoms with E-state index in [1.807, 2.05) is 6.92 Å². The minimum atomic E-state index is 0.0889. The number of rotatable bonds is 7. The van der Waals surface area contributed by atoms with Crippen LogP contribution in [0.5, 0.6) is 0 Å². The Morgan fingerprint density at radius 1 is 1.26 bits per heavy atom. The number of hydrogen-bond donors (Lipinski definition) is 1. The summed E-state index contributed by atoms with van der Waals surface area (Å²) < 4.78 is 5.84. The van der Waals surface area contributed by atoms with Gasteiger partial charge in [0.25, 0.3) is 0 Å². The molecule has 0 bridgehead atoms. The first-order valence-corrected chi connectivity index (χ1v) is 7.33. The van der Waals surface area contributed by atoms with Gasteiger partial charge in [0, 0.05) is 18.0 Å². The van der Waals surface area contributed by atoms with Gasteiger partial charge < -0.3 is 10.5 Å². The van der Waals surface area contributed by atoms with E-state index in [9.17, 15) is 0 Å². The molecule has 0 radical (unpaired) electrons. The SMILES string of the molecule is CCOC(c1nc(C)c(CCCN)c(C)n1)C1CC1. The number of hydrogen-bond acceptors (Lipinski definition) is 4. The van der Waals surface area contributed by atoms with Crippen LogP contribution in [0.2, 0.25) is 0 Å². The van der Waals surface area contributed by atoms with Crippen molar-refractivity contribution in [2.24, 2.45) is 11.7 Å². The van der Waals surface area contributed by atoms with Crippen molar-refractivity contribution in [3.8, 4) is 0 Å². The molecule has 106 valence electrons. The summed E-state index contributed by atoms with van der Waals surface area (Å²) in [5.74, 6) is 1.49. The van der Waals surface area contributed by atoms with Gasteiger partial charge in [0.15, 0.2) is 5.82 Å². The van der Waals surface area contributed by atoms with Crippen molar-refractivity contribution in [3.63, 3.8) is 0 Å². The zero-order valence-electron chi connectivity index (χ0n) is 12.3. The summed E-state index contributed by atoms with van der Waals surface area (Å²) in [6, 6.07) is 0. The van der Waals surface area contributed by atoms with Crippen LogP contribution in [0.4, 0.5) is 0 Å². The monoisotopic (exact) mass is 263 g/mol. The molecule has 19 heavy (non-hydrogen) atoms. The fraction of sp³-hybridized carbons (Fsp3) is 0.733. The number of aryl methyl sites for hydroxylation is 2. The highest BCUT2D eigenvalue weighted by molar-refractivity contribution is 5.25. The van der Waals surface area contributed by atoms with E-state index in [4.69, 9.17) is 20.4 Å². The Kier molecular flexibility index (Phi) is 4.88. The van der Waals surface area contributed by atoms with Crippen LogP contribution in [0.15, 0.2) is 0 Å². The highest BCUT2D eigenvalue weighted by Crippen LogP contribution is 2.42. The molecule has 0 aromatic carbocycles. The first kappa shape index (κ1) is 14.4. The molecule has 0 aliphatic heterocycles. The normalized spacial score (nSPS) is 16.6. The van der Waals surface area contributed by atoms with Gasteiger partial charge in [0.2, 0.25) is 0 Å². The zero-order chi connectivity index (χ0) is 13.8. The minimum Gasteiger partial charge on any atom is -0.370 e. The number of nitrogens with zero attached hydrogens (tertiary/aromatic N) is 2. The van der Waals surface area contributed by atoms with E-state index in [-0.39, 0.29) is 6.10 Å². The highest BCUT2D eigenvalue weighted by Gasteiger charge is 2.35. The molecular weight excluding hydrogens is 238 g/mol. The minimum absolute atomic E-state index is 0.0889. The molecule has 1 aromatic rings. The number of nitrogens with two attached hydrogens (primary N) is 1. The van der Waals surface area contributed by atoms with Gasteiger partial charge >= 0.3 is 0 Å². The summed E-state index contributed by atoms with van der Waals surface area (Å²) in [5, 5.41) is 0. The van der Waals surface area contributed by atoms with Crippen LogP contribution in [-0.4, -0.2) is 23.1 Å². The molecule has 1 fully saturated rings. The Labute approximate surface area is 115 Å². The average Bonchev–Trinajstić information content (AvgIpc) is 3.19. The molecule has 2 N–H and O–H groups in total. The lowest BCUT2D eigenvalue weighted by Crippen LogP contribution is -2.14. The molecule has 1 unspecified atom stereocenters. The molecule has 4 nitrogen and oxygen atoms in total. The average molecular weight is 263 g/mol. The van der Waals surface area contributed by atoms with Gasteiger partial charge in [-0.15, -0.1) is 0 Å². The zero-order valence-corrected chi connectivity index (χ0v) is 12.3. The van der Waals surface area contributed by atoms with Crippen molar-refractivity contribution < 1.29 is 4.74 Å². The van der Waals surface area contributed by atoms with Gasteiger partial charge in [-0.2, -0.15) is 0 Å². The van der Waals surface area contributed by atoms with Crippen LogP contribution in [0.3, 0.4) is 0 Å². The molecule has 4 heteroatoms. The summed E-state index contributed by atoms with van der Waals surface area (Å²) in [6.07, 6.45) is 4.52. The van der Waals surface area contributed by atoms with E-state index in [2.05, 4.69) is 13.8 Å². The van der Waals surface area contributed by atoms with Crippen LogP contribution in [0.25, 0.3) is 0 Å². The van der Waals surface area contributed by atoms with Crippen molar-refractivity contribution in [1.82, 2.24) is 9.97 Å². The molecule has 1 aliphatic rings. The van der Waals surface area contributed by atoms with E-state index in [0.717, 1.165) is 36.7 Å². The van der Waals surface area contributed by atoms with Gasteiger partial charge in [0.05, 0.1) is 0 Å². The lowest BCUT2D eigenvalue weighted by atomic mass is 10.1. The van der Waals surface area contributed by atoms with Crippen LogP contribution in [-0.2, 0) is 11.2 Å². The van der Waals surface area contributed by atoms with Gasteiger partial charge in [-0.25, -0.2) is 9.97 Å². The predicted octanol–water partition coefficient (Wildman–Crippen LogP) is 2.47. The van der Waals surface area contributed by atoms with Crippen LogP contribution in [0.1, 0.15) is 55.1 Å². The van der Waals surface area contributed by atoms with Gasteiger partial charge in [-0.05, 0) is 64.5 Å². The van der Waals surface area contributed by atoms with E-state index in [0.29, 0.717) is 12.5 Å². The van der Waals surface area contributed by atoms with Crippen molar-refractivity contribution >= 4 is 0 Å². The molecule has 0 amide bonds. The Bertz CT molecular complexity index is 406. The summed E-state index contributed by atoms with van der Waals surface area (Å²) in [5.41, 5.74) is 9.00. The topological polar surface area (TPSA) is 61.0 Å². The smallest absolute Gasteiger partial charge is 0.157 e. The summed E-state index contributed by atoms with van der Waals surface area (Å²) in [4.78, 5) is 9.38. The third-order valence-electron chi connectivity index (χ3n) is 3.72. The Morgan fingerprint density at radius 2 is 1.89 bits per heavy atom. The van der Waals surface area contributed by atoms with Crippen LogP contribution >= 0.6 is 0 Å². The van der Waals surface area contributed by atoms with Gasteiger partial charge in [-0.1, -0.05) is 0 Å². The molecular formula is C15H25N3O. The molecule has 1 saturated carbocycles. The molecule has 1 aliphatic carbocycles. The molecule has 0 saturated heterocycles. The van der Waals surface area contributed by atoms with Crippen LogP contribution in [0, 0.1) is 19.8 Å². The van der Waals surface area contributed by atoms with Crippen molar-refractivity contribution in [2.45, 2.75) is 52.6 Å². The summed E-state index contributed by atoms with van der Waals surface area (Å²) >= 11 is 0. The molecule has 1 heterocycles. The quantitative estimate of drug-likeness (QED) is 0.821. The first-order chi connectivity index (χ1) is 9.17. The largest absolute Gasteiger partial charge is 0.370 e. The van der Waals surface area contributed by atoms with Gasteiger partial charge in [-0.3, -0.25) is 0 Å². The summed E-state index contributed by atoms with van der Waals surface area (Å²) in [6.45, 7) is 7.60. The Morgan fingerprint density at radius 3 is 2.37 bits per heavy atom.